The molecule has 0 aliphatic rings. The number of hydrogen-bond donors (Lipinski definition) is 1. The van der Waals surface area contributed by atoms with Crippen LogP contribution in [0, 0.1) is 10.1 Å². The standard InChI is InChI=1S/C5H9NO5/c1-5(8,3-6(9)10)4(7)11-2/h8H,3H2,1-2H3. The van der Waals surface area contributed by atoms with E-state index in [0.29, 0.717) is 0 Å². The summed E-state index contributed by atoms with van der Waals surface area (Å²) in [5.74, 6) is -1.01. The molecule has 0 fully saturated rings. The highest BCUT2D eigenvalue weighted by molar-refractivity contribution is 5.78. The number of ether oxygens (including phenoxy) is 1. The molecule has 0 rings (SSSR count). The summed E-state index contributed by atoms with van der Waals surface area (Å²) in [7, 11) is 1.05. The Morgan fingerprint density at radius 1 is 1.82 bits per heavy atom. The molecule has 1 N–H and O–H groups in total. The molecule has 1 unspecified atom stereocenters. The number of nitro groups is 1. The smallest absolute Gasteiger partial charge is 0.344 e. The quantitative estimate of drug-likeness (QED) is 0.333. The summed E-state index contributed by atoms with van der Waals surface area (Å²) in [5.41, 5.74) is -2.03. The van der Waals surface area contributed by atoms with Crippen LogP contribution in [0.3, 0.4) is 0 Å². The Morgan fingerprint density at radius 2 is 2.27 bits per heavy atom. The highest BCUT2D eigenvalue weighted by Gasteiger charge is 2.37. The molecule has 0 aromatic heterocycles. The van der Waals surface area contributed by atoms with Gasteiger partial charge in [-0.25, -0.2) is 4.79 Å². The maximum Gasteiger partial charge on any atom is 0.344 e. The lowest BCUT2D eigenvalue weighted by Gasteiger charge is -2.14. The fourth-order valence-corrected chi connectivity index (χ4v) is 0.536. The lowest BCUT2D eigenvalue weighted by atomic mass is 10.1. The number of nitrogens with zero attached hydrogens (tertiary/aromatic N) is 1. The van der Waals surface area contributed by atoms with Crippen LogP contribution in [0.15, 0.2) is 0 Å². The number of rotatable bonds is 3. The van der Waals surface area contributed by atoms with Gasteiger partial charge in [0.05, 0.1) is 7.11 Å². The third-order valence-electron chi connectivity index (χ3n) is 1.06. The minimum atomic E-state index is -2.03. The zero-order valence-electron chi connectivity index (χ0n) is 6.23. The Balaban J connectivity index is 4.21. The van der Waals surface area contributed by atoms with Crippen molar-refractivity contribution in [1.29, 1.82) is 0 Å². The van der Waals surface area contributed by atoms with Gasteiger partial charge in [0.2, 0.25) is 12.1 Å². The van der Waals surface area contributed by atoms with Crippen molar-refractivity contribution in [2.45, 2.75) is 12.5 Å². The van der Waals surface area contributed by atoms with Gasteiger partial charge in [-0.1, -0.05) is 0 Å². The number of methoxy groups -OCH3 is 1. The summed E-state index contributed by atoms with van der Waals surface area (Å²) in [4.78, 5) is 19.7. The average Bonchev–Trinajstić information content (AvgIpc) is 1.83. The van der Waals surface area contributed by atoms with Crippen molar-refractivity contribution in [2.75, 3.05) is 13.7 Å². The molecular formula is C5H9NO5. The first-order valence-corrected chi connectivity index (χ1v) is 2.83. The van der Waals surface area contributed by atoms with E-state index < -0.39 is 23.0 Å². The summed E-state index contributed by atoms with van der Waals surface area (Å²) in [6.07, 6.45) is 0. The summed E-state index contributed by atoms with van der Waals surface area (Å²) < 4.78 is 4.12. The highest BCUT2D eigenvalue weighted by atomic mass is 16.6. The first kappa shape index (κ1) is 9.83. The Bertz CT molecular complexity index is 176. The van der Waals surface area contributed by atoms with Crippen molar-refractivity contribution in [1.82, 2.24) is 0 Å². The molecule has 0 aliphatic carbocycles. The van der Waals surface area contributed by atoms with Crippen LogP contribution in [-0.2, 0) is 9.53 Å². The predicted molar refractivity (Wildman–Crippen MR) is 34.5 cm³/mol. The van der Waals surface area contributed by atoms with E-state index in [1.165, 1.54) is 0 Å². The second kappa shape index (κ2) is 3.29. The first-order chi connectivity index (χ1) is 4.90. The van der Waals surface area contributed by atoms with Gasteiger partial charge in [-0.3, -0.25) is 10.1 Å². The molecule has 0 amide bonds. The molecule has 64 valence electrons. The molecule has 0 heterocycles. The monoisotopic (exact) mass is 163 g/mol. The Kier molecular flexibility index (Phi) is 2.94. The number of hydrogen-bond acceptors (Lipinski definition) is 5. The topological polar surface area (TPSA) is 89.7 Å². The molecule has 0 spiro atoms. The second-order valence-corrected chi connectivity index (χ2v) is 2.26. The van der Waals surface area contributed by atoms with E-state index in [-0.39, 0.29) is 0 Å². The van der Waals surface area contributed by atoms with Crippen LogP contribution in [0.2, 0.25) is 0 Å². The zero-order chi connectivity index (χ0) is 9.07. The van der Waals surface area contributed by atoms with Gasteiger partial charge in [0.15, 0.2) is 0 Å². The summed E-state index contributed by atoms with van der Waals surface area (Å²) in [6, 6.07) is 0. The molecule has 0 aromatic carbocycles. The molecule has 0 bridgehead atoms. The third-order valence-corrected chi connectivity index (χ3v) is 1.06. The number of esters is 1. The molecule has 0 saturated heterocycles. The lowest BCUT2D eigenvalue weighted by molar-refractivity contribution is -0.496. The van der Waals surface area contributed by atoms with E-state index in [0.717, 1.165) is 14.0 Å². The minimum Gasteiger partial charge on any atom is -0.467 e. The van der Waals surface area contributed by atoms with E-state index in [1.54, 1.807) is 0 Å². The van der Waals surface area contributed by atoms with Crippen molar-refractivity contribution >= 4 is 5.97 Å². The van der Waals surface area contributed by atoms with Crippen LogP contribution in [-0.4, -0.2) is 35.3 Å². The van der Waals surface area contributed by atoms with Gasteiger partial charge in [-0.2, -0.15) is 0 Å². The van der Waals surface area contributed by atoms with Crippen LogP contribution in [0.25, 0.3) is 0 Å². The van der Waals surface area contributed by atoms with Gasteiger partial charge in [0.25, 0.3) is 0 Å². The van der Waals surface area contributed by atoms with Gasteiger partial charge in [-0.15, -0.1) is 0 Å². The van der Waals surface area contributed by atoms with Crippen LogP contribution in [0.5, 0.6) is 0 Å². The van der Waals surface area contributed by atoms with Crippen LogP contribution in [0.1, 0.15) is 6.92 Å². The van der Waals surface area contributed by atoms with Gasteiger partial charge >= 0.3 is 5.97 Å². The van der Waals surface area contributed by atoms with Crippen LogP contribution in [0.4, 0.5) is 0 Å². The predicted octanol–water partition coefficient (Wildman–Crippen LogP) is -0.813. The largest absolute Gasteiger partial charge is 0.467 e. The number of carbonyl (C=O) groups excluding carboxylic acids is 1. The van der Waals surface area contributed by atoms with Gasteiger partial charge in [-0.05, 0) is 6.92 Å². The minimum absolute atomic E-state index is 0.781. The van der Waals surface area contributed by atoms with Gasteiger partial charge in [0, 0.05) is 4.92 Å². The molecule has 6 heteroatoms. The summed E-state index contributed by atoms with van der Waals surface area (Å²) in [5, 5.41) is 18.9. The number of aliphatic hydroxyl groups is 1. The fraction of sp³-hybridized carbons (Fsp3) is 0.800. The zero-order valence-corrected chi connectivity index (χ0v) is 6.23. The van der Waals surface area contributed by atoms with E-state index in [4.69, 9.17) is 5.11 Å². The molecule has 0 aromatic rings. The fourth-order valence-electron chi connectivity index (χ4n) is 0.536. The van der Waals surface area contributed by atoms with Crippen molar-refractivity contribution in [3.8, 4) is 0 Å². The average molecular weight is 163 g/mol. The summed E-state index contributed by atoms with van der Waals surface area (Å²) >= 11 is 0. The van der Waals surface area contributed by atoms with E-state index in [1.807, 2.05) is 0 Å². The Labute approximate surface area is 62.9 Å². The van der Waals surface area contributed by atoms with Crippen molar-refractivity contribution in [3.63, 3.8) is 0 Å². The lowest BCUT2D eigenvalue weighted by Crippen LogP contribution is -2.42. The first-order valence-electron chi connectivity index (χ1n) is 2.83. The maximum absolute atomic E-state index is 10.6. The summed E-state index contributed by atoms with van der Waals surface area (Å²) in [6.45, 7) is 0.182. The molecule has 1 atom stereocenters. The molecule has 6 nitrogen and oxygen atoms in total. The Morgan fingerprint density at radius 3 is 2.55 bits per heavy atom. The molecule has 0 radical (unpaired) electrons. The van der Waals surface area contributed by atoms with Gasteiger partial charge < -0.3 is 9.84 Å². The molecule has 11 heavy (non-hydrogen) atoms. The molecule has 0 aliphatic heterocycles. The van der Waals surface area contributed by atoms with Crippen molar-refractivity contribution in [3.05, 3.63) is 10.1 Å². The van der Waals surface area contributed by atoms with Crippen LogP contribution >= 0.6 is 0 Å². The normalized spacial score (nSPS) is 15.2. The van der Waals surface area contributed by atoms with E-state index in [9.17, 15) is 14.9 Å². The molecule has 0 saturated carbocycles. The van der Waals surface area contributed by atoms with E-state index >= 15 is 0 Å². The maximum atomic E-state index is 10.6. The second-order valence-electron chi connectivity index (χ2n) is 2.26. The highest BCUT2D eigenvalue weighted by Crippen LogP contribution is 2.04. The number of carbonyl (C=O) groups is 1. The van der Waals surface area contributed by atoms with Crippen molar-refractivity contribution < 1.29 is 19.6 Å². The van der Waals surface area contributed by atoms with Gasteiger partial charge in [0.1, 0.15) is 0 Å². The molecular weight excluding hydrogens is 154 g/mol. The third kappa shape index (κ3) is 2.94. The SMILES string of the molecule is COC(=O)C(C)(O)C[N+](=O)[O-]. The van der Waals surface area contributed by atoms with Crippen molar-refractivity contribution in [2.24, 2.45) is 0 Å². The van der Waals surface area contributed by atoms with Crippen LogP contribution < -0.4 is 0 Å². The van der Waals surface area contributed by atoms with E-state index in [2.05, 4.69) is 4.74 Å². The Hall–Kier alpha value is -1.17.